The average molecular weight is 293 g/mol. The molecule has 0 bridgehead atoms. The first kappa shape index (κ1) is 13.2. The second-order valence-electron chi connectivity index (χ2n) is 4.97. The van der Waals surface area contributed by atoms with Crippen LogP contribution in [0.2, 0.25) is 0 Å². The predicted molar refractivity (Wildman–Crippen MR) is 82.2 cm³/mol. The van der Waals surface area contributed by atoms with Gasteiger partial charge in [0.25, 0.3) is 0 Å². The second kappa shape index (κ2) is 6.11. The fourth-order valence-electron chi connectivity index (χ4n) is 2.66. The maximum Gasteiger partial charge on any atom is 0.0958 e. The quantitative estimate of drug-likeness (QED) is 0.842. The molecule has 3 rings (SSSR count). The third kappa shape index (κ3) is 3.04. The lowest BCUT2D eigenvalue weighted by Crippen LogP contribution is -2.36. The number of hydrogen-bond acceptors (Lipinski definition) is 5. The van der Waals surface area contributed by atoms with Crippen molar-refractivity contribution in [1.82, 2.24) is 14.0 Å². The van der Waals surface area contributed by atoms with Gasteiger partial charge in [0.05, 0.1) is 4.21 Å². The number of fused-ring (bicyclic) bond motifs is 1. The summed E-state index contributed by atoms with van der Waals surface area (Å²) in [6.07, 6.45) is 10.3. The van der Waals surface area contributed by atoms with Crippen LogP contribution in [-0.4, -0.2) is 28.4 Å². The monoisotopic (exact) mass is 293 g/mol. The molecule has 1 atom stereocenters. The topological polar surface area (TPSA) is 28.2 Å². The largest absolute Gasteiger partial charge is 0.367 e. The molecule has 5 heteroatoms. The molecule has 0 aromatic carbocycles. The molecular weight excluding hydrogens is 274 g/mol. The molecule has 0 amide bonds. The highest BCUT2D eigenvalue weighted by Gasteiger charge is 2.26. The number of allylic oxidation sites excluding steroid dienone is 3. The standard InChI is InChI=1S/C14H19N3S2/c1-11(10-16-19-14-6-8-15-18-14)17-9-7-12-4-2-3-5-13(12)17/h4-6,8,11,16H,2-3,7,9-10H2,1H3. The van der Waals surface area contributed by atoms with Crippen molar-refractivity contribution >= 4 is 23.5 Å². The number of nitrogens with zero attached hydrogens (tertiary/aromatic N) is 2. The summed E-state index contributed by atoms with van der Waals surface area (Å²) in [7, 11) is 0. The minimum Gasteiger partial charge on any atom is -0.367 e. The Morgan fingerprint density at radius 2 is 2.37 bits per heavy atom. The van der Waals surface area contributed by atoms with Crippen LogP contribution >= 0.6 is 23.5 Å². The van der Waals surface area contributed by atoms with Gasteiger partial charge >= 0.3 is 0 Å². The molecule has 0 radical (unpaired) electrons. The molecule has 3 nitrogen and oxygen atoms in total. The van der Waals surface area contributed by atoms with Gasteiger partial charge in [-0.3, -0.25) is 4.72 Å². The molecule has 19 heavy (non-hydrogen) atoms. The molecule has 1 aliphatic carbocycles. The summed E-state index contributed by atoms with van der Waals surface area (Å²) < 4.78 is 8.79. The van der Waals surface area contributed by atoms with Crippen LogP contribution in [-0.2, 0) is 0 Å². The minimum absolute atomic E-state index is 0.538. The summed E-state index contributed by atoms with van der Waals surface area (Å²) >= 11 is 3.23. The zero-order valence-corrected chi connectivity index (χ0v) is 12.8. The zero-order valence-electron chi connectivity index (χ0n) is 11.1. The van der Waals surface area contributed by atoms with Gasteiger partial charge in [0, 0.05) is 31.0 Å². The highest BCUT2D eigenvalue weighted by molar-refractivity contribution is 7.99. The van der Waals surface area contributed by atoms with Crippen LogP contribution in [0, 0.1) is 0 Å². The van der Waals surface area contributed by atoms with Crippen molar-refractivity contribution in [2.75, 3.05) is 13.1 Å². The van der Waals surface area contributed by atoms with Crippen LogP contribution in [0.15, 0.2) is 39.9 Å². The molecule has 1 saturated heterocycles. The number of hydrogen-bond donors (Lipinski definition) is 1. The Morgan fingerprint density at radius 3 is 3.21 bits per heavy atom. The van der Waals surface area contributed by atoms with Gasteiger partial charge in [-0.15, -0.1) is 0 Å². The van der Waals surface area contributed by atoms with Gasteiger partial charge < -0.3 is 4.90 Å². The third-order valence-corrected chi connectivity index (χ3v) is 5.32. The summed E-state index contributed by atoms with van der Waals surface area (Å²) in [4.78, 5) is 2.55. The second-order valence-corrected chi connectivity index (χ2v) is 6.99. The Morgan fingerprint density at radius 1 is 1.47 bits per heavy atom. The number of likely N-dealkylation sites (tertiary alicyclic amines) is 1. The Labute approximate surface area is 123 Å². The summed E-state index contributed by atoms with van der Waals surface area (Å²) in [5.41, 5.74) is 3.05. The van der Waals surface area contributed by atoms with Crippen LogP contribution < -0.4 is 4.72 Å². The van der Waals surface area contributed by atoms with Gasteiger partial charge in [0.2, 0.25) is 0 Å². The maximum atomic E-state index is 4.11. The lowest BCUT2D eigenvalue weighted by atomic mass is 10.0. The van der Waals surface area contributed by atoms with E-state index in [1.807, 2.05) is 12.3 Å². The molecule has 0 saturated carbocycles. The Balaban J connectivity index is 1.52. The van der Waals surface area contributed by atoms with Gasteiger partial charge in [-0.1, -0.05) is 12.2 Å². The first-order valence-corrected chi connectivity index (χ1v) is 8.40. The highest BCUT2D eigenvalue weighted by atomic mass is 32.2. The molecule has 1 aliphatic heterocycles. The van der Waals surface area contributed by atoms with E-state index in [9.17, 15) is 0 Å². The average Bonchev–Trinajstić information content (AvgIpc) is 3.07. The van der Waals surface area contributed by atoms with E-state index in [1.165, 1.54) is 35.7 Å². The fourth-order valence-corrected chi connectivity index (χ4v) is 4.06. The fraction of sp³-hybridized carbons (Fsp3) is 0.500. The number of rotatable bonds is 5. The van der Waals surface area contributed by atoms with Crippen LogP contribution in [0.25, 0.3) is 0 Å². The van der Waals surface area contributed by atoms with Crippen molar-refractivity contribution in [3.05, 3.63) is 35.7 Å². The first-order valence-electron chi connectivity index (χ1n) is 6.81. The Kier molecular flexibility index (Phi) is 4.25. The predicted octanol–water partition coefficient (Wildman–Crippen LogP) is 3.44. The Bertz CT molecular complexity index is 479. The van der Waals surface area contributed by atoms with E-state index in [4.69, 9.17) is 0 Å². The molecule has 2 heterocycles. The van der Waals surface area contributed by atoms with Crippen molar-refractivity contribution in [1.29, 1.82) is 0 Å². The van der Waals surface area contributed by atoms with Gasteiger partial charge in [0.15, 0.2) is 0 Å². The molecule has 2 aliphatic rings. The maximum absolute atomic E-state index is 4.11. The van der Waals surface area contributed by atoms with E-state index in [0.29, 0.717) is 6.04 Å². The minimum atomic E-state index is 0.538. The van der Waals surface area contributed by atoms with E-state index in [1.54, 1.807) is 29.1 Å². The molecule has 0 spiro atoms. The number of aromatic nitrogens is 1. The summed E-state index contributed by atoms with van der Waals surface area (Å²) in [5.74, 6) is 0. The number of nitrogens with one attached hydrogen (secondary N) is 1. The van der Waals surface area contributed by atoms with Gasteiger partial charge in [0.1, 0.15) is 0 Å². The van der Waals surface area contributed by atoms with Gasteiger partial charge in [-0.2, -0.15) is 4.37 Å². The Hall–Kier alpha value is -0.780. The van der Waals surface area contributed by atoms with E-state index >= 15 is 0 Å². The van der Waals surface area contributed by atoms with Crippen LogP contribution in [0.3, 0.4) is 0 Å². The molecule has 1 N–H and O–H groups in total. The smallest absolute Gasteiger partial charge is 0.0958 e. The van der Waals surface area contributed by atoms with E-state index in [2.05, 4.69) is 33.1 Å². The normalized spacial score (nSPS) is 19.9. The van der Waals surface area contributed by atoms with Crippen molar-refractivity contribution in [3.63, 3.8) is 0 Å². The van der Waals surface area contributed by atoms with Crippen molar-refractivity contribution in [3.8, 4) is 0 Å². The van der Waals surface area contributed by atoms with Crippen LogP contribution in [0.4, 0.5) is 0 Å². The highest BCUT2D eigenvalue weighted by Crippen LogP contribution is 2.33. The third-order valence-electron chi connectivity index (χ3n) is 3.65. The molecular formula is C14H19N3S2. The molecule has 1 fully saturated rings. The lowest BCUT2D eigenvalue weighted by molar-refractivity contribution is 0.305. The van der Waals surface area contributed by atoms with E-state index in [-0.39, 0.29) is 0 Å². The van der Waals surface area contributed by atoms with Gasteiger partial charge in [-0.05, 0) is 61.3 Å². The zero-order chi connectivity index (χ0) is 13.1. The lowest BCUT2D eigenvalue weighted by Gasteiger charge is -2.28. The van der Waals surface area contributed by atoms with E-state index < -0.39 is 0 Å². The summed E-state index contributed by atoms with van der Waals surface area (Å²) in [6.45, 7) is 4.47. The molecule has 1 aromatic heterocycles. The van der Waals surface area contributed by atoms with Gasteiger partial charge in [-0.25, -0.2) is 0 Å². The van der Waals surface area contributed by atoms with Crippen molar-refractivity contribution in [2.24, 2.45) is 0 Å². The first-order chi connectivity index (χ1) is 9.34. The van der Waals surface area contributed by atoms with Crippen molar-refractivity contribution in [2.45, 2.75) is 36.4 Å². The molecule has 1 aromatic rings. The van der Waals surface area contributed by atoms with Crippen LogP contribution in [0.1, 0.15) is 26.2 Å². The summed E-state index contributed by atoms with van der Waals surface area (Å²) in [6, 6.07) is 2.59. The van der Waals surface area contributed by atoms with Crippen molar-refractivity contribution < 1.29 is 0 Å². The SMILES string of the molecule is CC(CNSc1ccns1)N1CCC2=CCCC=C21. The van der Waals surface area contributed by atoms with E-state index in [0.717, 1.165) is 6.54 Å². The molecule has 1 unspecified atom stereocenters. The molecule has 102 valence electrons. The summed E-state index contributed by atoms with van der Waals surface area (Å²) in [5, 5.41) is 0. The van der Waals surface area contributed by atoms with Crippen LogP contribution in [0.5, 0.6) is 0 Å².